The Morgan fingerprint density at radius 2 is 1.71 bits per heavy atom. The molecule has 0 bridgehead atoms. The van der Waals surface area contributed by atoms with E-state index in [1.165, 1.54) is 11.3 Å². The lowest BCUT2D eigenvalue weighted by molar-refractivity contribution is 0.113. The maximum Gasteiger partial charge on any atom is 0.250 e. The number of hydrogen-bond donors (Lipinski definition) is 1. The fourth-order valence-electron chi connectivity index (χ4n) is 3.40. The van der Waals surface area contributed by atoms with Gasteiger partial charge in [0.15, 0.2) is 0 Å². The lowest BCUT2D eigenvalue weighted by atomic mass is 10.0. The van der Waals surface area contributed by atoms with Crippen molar-refractivity contribution in [2.75, 3.05) is 58.8 Å². The van der Waals surface area contributed by atoms with Crippen LogP contribution < -0.4 is 9.62 Å². The SMILES string of the molecule is Cc1ccc(S(=O)(=O)NC[C@@H](c2ccc(N(C)C)cc2)N2CCN(C)CC2)s1. The molecule has 1 N–H and O–H groups in total. The van der Waals surface area contributed by atoms with Crippen molar-refractivity contribution in [1.29, 1.82) is 0 Å². The molecular formula is C20H30N4O2S2. The first-order valence-electron chi connectivity index (χ1n) is 9.52. The van der Waals surface area contributed by atoms with E-state index >= 15 is 0 Å². The van der Waals surface area contributed by atoms with Gasteiger partial charge in [0.25, 0.3) is 0 Å². The zero-order valence-electron chi connectivity index (χ0n) is 17.1. The fourth-order valence-corrected chi connectivity index (χ4v) is 5.77. The van der Waals surface area contributed by atoms with Crippen molar-refractivity contribution < 1.29 is 8.42 Å². The summed E-state index contributed by atoms with van der Waals surface area (Å²) in [6.45, 7) is 6.12. The molecule has 2 aromatic rings. The molecule has 1 aromatic carbocycles. The summed E-state index contributed by atoms with van der Waals surface area (Å²) in [5.41, 5.74) is 2.27. The molecule has 0 aliphatic carbocycles. The Kier molecular flexibility index (Phi) is 6.77. The van der Waals surface area contributed by atoms with Crippen molar-refractivity contribution in [3.8, 4) is 0 Å². The molecule has 0 saturated carbocycles. The summed E-state index contributed by atoms with van der Waals surface area (Å²) < 4.78 is 28.7. The summed E-state index contributed by atoms with van der Waals surface area (Å²) in [7, 11) is 2.67. The molecule has 2 heterocycles. The lowest BCUT2D eigenvalue weighted by Crippen LogP contribution is -2.48. The Labute approximate surface area is 172 Å². The van der Waals surface area contributed by atoms with Crippen molar-refractivity contribution in [3.05, 3.63) is 46.8 Å². The predicted octanol–water partition coefficient (Wildman–Crippen LogP) is 2.39. The first kappa shape index (κ1) is 21.3. The third-order valence-corrected chi connectivity index (χ3v) is 8.14. The molecule has 8 heteroatoms. The van der Waals surface area contributed by atoms with E-state index in [0.717, 1.165) is 42.3 Å². The van der Waals surface area contributed by atoms with Gasteiger partial charge in [-0.3, -0.25) is 4.90 Å². The molecule has 0 unspecified atom stereocenters. The smallest absolute Gasteiger partial charge is 0.250 e. The summed E-state index contributed by atoms with van der Waals surface area (Å²) in [5.74, 6) is 0. The quantitative estimate of drug-likeness (QED) is 0.743. The Morgan fingerprint density at radius 1 is 1.07 bits per heavy atom. The van der Waals surface area contributed by atoms with E-state index in [1.54, 1.807) is 6.07 Å². The normalized spacial score (nSPS) is 17.6. The minimum absolute atomic E-state index is 0.0146. The van der Waals surface area contributed by atoms with E-state index in [1.807, 2.05) is 27.1 Å². The van der Waals surface area contributed by atoms with Gasteiger partial charge in [-0.25, -0.2) is 13.1 Å². The average molecular weight is 423 g/mol. The van der Waals surface area contributed by atoms with Crippen LogP contribution in [0.4, 0.5) is 5.69 Å². The number of rotatable bonds is 7. The highest BCUT2D eigenvalue weighted by Gasteiger charge is 2.26. The van der Waals surface area contributed by atoms with Crippen LogP contribution in [0.1, 0.15) is 16.5 Å². The van der Waals surface area contributed by atoms with Gasteiger partial charge in [-0.05, 0) is 43.8 Å². The summed E-state index contributed by atoms with van der Waals surface area (Å²) >= 11 is 1.31. The Balaban J connectivity index is 1.80. The number of likely N-dealkylation sites (N-methyl/N-ethyl adjacent to an activating group) is 1. The van der Waals surface area contributed by atoms with Crippen LogP contribution in [0, 0.1) is 6.92 Å². The molecule has 3 rings (SSSR count). The third-order valence-electron chi connectivity index (χ3n) is 5.22. The fraction of sp³-hybridized carbons (Fsp3) is 0.500. The summed E-state index contributed by atoms with van der Waals surface area (Å²) in [4.78, 5) is 7.75. The van der Waals surface area contributed by atoms with Gasteiger partial charge in [0, 0.05) is 63.4 Å². The topological polar surface area (TPSA) is 55.9 Å². The molecule has 1 aliphatic rings. The molecule has 1 atom stereocenters. The molecule has 6 nitrogen and oxygen atoms in total. The first-order valence-corrected chi connectivity index (χ1v) is 11.8. The van der Waals surface area contributed by atoms with Crippen molar-refractivity contribution in [2.45, 2.75) is 17.2 Å². The Hall–Kier alpha value is -1.45. The first-order chi connectivity index (χ1) is 13.3. The van der Waals surface area contributed by atoms with E-state index in [9.17, 15) is 8.42 Å². The van der Waals surface area contributed by atoms with Gasteiger partial charge >= 0.3 is 0 Å². The third kappa shape index (κ3) is 5.12. The van der Waals surface area contributed by atoms with Crippen molar-refractivity contribution >= 4 is 27.0 Å². The molecule has 0 spiro atoms. The molecule has 0 amide bonds. The van der Waals surface area contributed by atoms with Gasteiger partial charge in [0.2, 0.25) is 10.0 Å². The number of nitrogens with one attached hydrogen (secondary N) is 1. The number of benzene rings is 1. The van der Waals surface area contributed by atoms with Gasteiger partial charge in [0.05, 0.1) is 0 Å². The second-order valence-corrected chi connectivity index (χ2v) is 10.8. The van der Waals surface area contributed by atoms with Gasteiger partial charge in [-0.15, -0.1) is 11.3 Å². The maximum absolute atomic E-state index is 12.7. The molecule has 28 heavy (non-hydrogen) atoms. The Morgan fingerprint density at radius 3 is 2.25 bits per heavy atom. The molecular weight excluding hydrogens is 392 g/mol. The number of hydrogen-bond acceptors (Lipinski definition) is 6. The van der Waals surface area contributed by atoms with Crippen LogP contribution in [0.3, 0.4) is 0 Å². The summed E-state index contributed by atoms with van der Waals surface area (Å²) in [6, 6.07) is 12.0. The monoisotopic (exact) mass is 422 g/mol. The van der Waals surface area contributed by atoms with Crippen molar-refractivity contribution in [3.63, 3.8) is 0 Å². The van der Waals surface area contributed by atoms with E-state index in [0.29, 0.717) is 10.8 Å². The molecule has 1 saturated heterocycles. The molecule has 1 fully saturated rings. The zero-order chi connectivity index (χ0) is 20.3. The second kappa shape index (κ2) is 8.92. The number of thiophene rings is 1. The highest BCUT2D eigenvalue weighted by Crippen LogP contribution is 2.26. The number of piperazine rings is 1. The zero-order valence-corrected chi connectivity index (χ0v) is 18.7. The molecule has 1 aromatic heterocycles. The number of anilines is 1. The van der Waals surface area contributed by atoms with E-state index < -0.39 is 10.0 Å². The standard InChI is InChI=1S/C20H30N4O2S2/c1-16-5-10-20(27-16)28(25,26)21-15-19(24-13-11-23(4)12-14-24)17-6-8-18(9-7-17)22(2)3/h5-10,19,21H,11-15H2,1-4H3/t19-/m0/s1. The summed E-state index contributed by atoms with van der Waals surface area (Å²) in [5, 5.41) is 0. The predicted molar refractivity (Wildman–Crippen MR) is 117 cm³/mol. The summed E-state index contributed by atoms with van der Waals surface area (Å²) in [6.07, 6.45) is 0. The largest absolute Gasteiger partial charge is 0.378 e. The highest BCUT2D eigenvalue weighted by atomic mass is 32.2. The average Bonchev–Trinajstić information content (AvgIpc) is 3.11. The second-order valence-electron chi connectivity index (χ2n) is 7.56. The van der Waals surface area contributed by atoms with E-state index in [2.05, 4.69) is 50.7 Å². The van der Waals surface area contributed by atoms with Crippen LogP contribution in [-0.4, -0.2) is 72.1 Å². The Bertz CT molecular complexity index is 870. The van der Waals surface area contributed by atoms with E-state index in [-0.39, 0.29) is 6.04 Å². The number of nitrogens with zero attached hydrogens (tertiary/aromatic N) is 3. The van der Waals surface area contributed by atoms with Crippen molar-refractivity contribution in [2.24, 2.45) is 0 Å². The van der Waals surface area contributed by atoms with Gasteiger partial charge in [-0.1, -0.05) is 12.1 Å². The lowest BCUT2D eigenvalue weighted by Gasteiger charge is -2.38. The van der Waals surface area contributed by atoms with Gasteiger partial charge in [-0.2, -0.15) is 0 Å². The molecule has 154 valence electrons. The van der Waals surface area contributed by atoms with Crippen LogP contribution in [0.15, 0.2) is 40.6 Å². The van der Waals surface area contributed by atoms with Crippen LogP contribution in [0.5, 0.6) is 0 Å². The van der Waals surface area contributed by atoms with Gasteiger partial charge < -0.3 is 9.80 Å². The molecule has 0 radical (unpaired) electrons. The molecule has 1 aliphatic heterocycles. The number of sulfonamides is 1. The van der Waals surface area contributed by atoms with E-state index in [4.69, 9.17) is 0 Å². The maximum atomic E-state index is 12.7. The van der Waals surface area contributed by atoms with Gasteiger partial charge in [0.1, 0.15) is 4.21 Å². The van der Waals surface area contributed by atoms with Crippen LogP contribution >= 0.6 is 11.3 Å². The minimum Gasteiger partial charge on any atom is -0.378 e. The highest BCUT2D eigenvalue weighted by molar-refractivity contribution is 7.91. The van der Waals surface area contributed by atoms with Crippen LogP contribution in [0.25, 0.3) is 0 Å². The number of aryl methyl sites for hydroxylation is 1. The van der Waals surface area contributed by atoms with Crippen LogP contribution in [-0.2, 0) is 10.0 Å². The minimum atomic E-state index is -3.49. The van der Waals surface area contributed by atoms with Crippen LogP contribution in [0.2, 0.25) is 0 Å². The van der Waals surface area contributed by atoms with Crippen molar-refractivity contribution in [1.82, 2.24) is 14.5 Å².